The van der Waals surface area contributed by atoms with Gasteiger partial charge >= 0.3 is 0 Å². The molecular weight excluding hydrogens is 360 g/mol. The minimum atomic E-state index is -0.292. The maximum atomic E-state index is 12.8. The van der Waals surface area contributed by atoms with Crippen molar-refractivity contribution >= 4 is 11.9 Å². The Morgan fingerprint density at radius 2 is 1.45 bits per heavy atom. The molecular formula is C25H24N2O2. The molecule has 1 heterocycles. The third kappa shape index (κ3) is 4.06. The van der Waals surface area contributed by atoms with Crippen molar-refractivity contribution in [2.24, 2.45) is 4.99 Å². The van der Waals surface area contributed by atoms with E-state index < -0.39 is 0 Å². The van der Waals surface area contributed by atoms with Crippen LogP contribution in [0.25, 0.3) is 11.1 Å². The van der Waals surface area contributed by atoms with Gasteiger partial charge in [-0.05, 0) is 48.2 Å². The third-order valence-corrected chi connectivity index (χ3v) is 5.09. The van der Waals surface area contributed by atoms with Gasteiger partial charge in [0.1, 0.15) is 0 Å². The lowest BCUT2D eigenvalue weighted by Crippen LogP contribution is -2.32. The summed E-state index contributed by atoms with van der Waals surface area (Å²) >= 11 is 0. The average molecular weight is 384 g/mol. The molecule has 4 rings (SSSR count). The molecule has 0 bridgehead atoms. The van der Waals surface area contributed by atoms with Gasteiger partial charge in [0.25, 0.3) is 11.9 Å². The Morgan fingerprint density at radius 1 is 0.897 bits per heavy atom. The summed E-state index contributed by atoms with van der Waals surface area (Å²) in [5.74, 6) is -0.292. The lowest BCUT2D eigenvalue weighted by Gasteiger charge is -2.24. The van der Waals surface area contributed by atoms with Crippen molar-refractivity contribution in [3.63, 3.8) is 0 Å². The molecule has 3 aromatic rings. The van der Waals surface area contributed by atoms with Crippen LogP contribution < -0.4 is 0 Å². The molecule has 1 aliphatic rings. The molecule has 3 aromatic carbocycles. The van der Waals surface area contributed by atoms with E-state index in [1.807, 2.05) is 43.0 Å². The van der Waals surface area contributed by atoms with Gasteiger partial charge in [-0.1, -0.05) is 66.2 Å². The van der Waals surface area contributed by atoms with Crippen molar-refractivity contribution < 1.29 is 9.53 Å². The molecule has 1 aliphatic heterocycles. The van der Waals surface area contributed by atoms with Crippen LogP contribution in [0.1, 0.15) is 34.0 Å². The number of amidine groups is 1. The molecule has 4 heteroatoms. The number of hydrogen-bond donors (Lipinski definition) is 0. The number of aliphatic imine (C=N–C) groups is 1. The zero-order chi connectivity index (χ0) is 20.2. The zero-order valence-electron chi connectivity index (χ0n) is 16.8. The van der Waals surface area contributed by atoms with Gasteiger partial charge in [0.05, 0.1) is 6.61 Å². The number of nitrogens with zero attached hydrogens (tertiary/aromatic N) is 2. The molecule has 0 aliphatic carbocycles. The number of carbonyl (C=O) groups is 1. The van der Waals surface area contributed by atoms with Crippen molar-refractivity contribution in [1.29, 1.82) is 0 Å². The summed E-state index contributed by atoms with van der Waals surface area (Å²) in [6.07, 6.45) is 0. The number of benzene rings is 3. The van der Waals surface area contributed by atoms with Crippen LogP contribution in [-0.2, 0) is 17.8 Å². The number of fused-ring (bicyclic) bond motifs is 3. The molecule has 0 spiro atoms. The largest absolute Gasteiger partial charge is 0.465 e. The first-order valence-electron chi connectivity index (χ1n) is 9.89. The third-order valence-electron chi connectivity index (χ3n) is 5.09. The van der Waals surface area contributed by atoms with Crippen LogP contribution in [0.15, 0.2) is 77.8 Å². The molecule has 0 N–H and O–H groups in total. The van der Waals surface area contributed by atoms with Gasteiger partial charge in [-0.15, -0.1) is 0 Å². The van der Waals surface area contributed by atoms with Gasteiger partial charge in [0.2, 0.25) is 0 Å². The van der Waals surface area contributed by atoms with Crippen LogP contribution in [-0.4, -0.2) is 23.4 Å². The molecule has 146 valence electrons. The number of amides is 1. The highest BCUT2D eigenvalue weighted by atomic mass is 16.5. The molecule has 0 aromatic heterocycles. The van der Waals surface area contributed by atoms with E-state index in [-0.39, 0.29) is 5.91 Å². The quantitative estimate of drug-likeness (QED) is 0.450. The summed E-state index contributed by atoms with van der Waals surface area (Å²) in [5.41, 5.74) is 6.47. The predicted octanol–water partition coefficient (Wildman–Crippen LogP) is 5.21. The van der Waals surface area contributed by atoms with Crippen LogP contribution in [0.3, 0.4) is 0 Å². The standard InChI is InChI=1S/C25H24N2O2/c1-3-29-25(26-24(28)19-14-12-18(2)13-15-19)27-16-20-8-4-6-10-22(20)23-11-7-5-9-21(23)17-27/h4-15H,3,16-17H2,1-2H3/b26-25-. The van der Waals surface area contributed by atoms with Gasteiger partial charge in [0.15, 0.2) is 0 Å². The average Bonchev–Trinajstić information content (AvgIpc) is 2.91. The Kier molecular flexibility index (Phi) is 5.43. The first-order valence-corrected chi connectivity index (χ1v) is 9.89. The Bertz CT molecular complexity index is 1010. The fourth-order valence-electron chi connectivity index (χ4n) is 3.62. The highest BCUT2D eigenvalue weighted by Crippen LogP contribution is 2.32. The summed E-state index contributed by atoms with van der Waals surface area (Å²) in [5, 5.41) is 0. The van der Waals surface area contributed by atoms with E-state index in [1.54, 1.807) is 12.1 Å². The second kappa shape index (κ2) is 8.31. The number of ether oxygens (including phenoxy) is 1. The normalized spacial score (nSPS) is 13.3. The topological polar surface area (TPSA) is 41.9 Å². The Morgan fingerprint density at radius 3 is 2.00 bits per heavy atom. The fourth-order valence-corrected chi connectivity index (χ4v) is 3.62. The van der Waals surface area contributed by atoms with Crippen LogP contribution in [0.2, 0.25) is 0 Å². The van der Waals surface area contributed by atoms with Gasteiger partial charge in [-0.25, -0.2) is 0 Å². The lowest BCUT2D eigenvalue weighted by molar-refractivity contribution is 0.0993. The molecule has 0 saturated carbocycles. The Balaban J connectivity index is 1.73. The van der Waals surface area contributed by atoms with Crippen molar-refractivity contribution in [2.75, 3.05) is 6.61 Å². The Hall–Kier alpha value is -3.40. The maximum Gasteiger partial charge on any atom is 0.296 e. The smallest absolute Gasteiger partial charge is 0.296 e. The summed E-state index contributed by atoms with van der Waals surface area (Å²) in [4.78, 5) is 19.2. The molecule has 29 heavy (non-hydrogen) atoms. The van der Waals surface area contributed by atoms with E-state index in [0.717, 1.165) is 5.56 Å². The first kappa shape index (κ1) is 18.9. The van der Waals surface area contributed by atoms with Crippen LogP contribution in [0, 0.1) is 6.92 Å². The number of rotatable bonds is 2. The van der Waals surface area contributed by atoms with Gasteiger partial charge in [-0.3, -0.25) is 4.79 Å². The lowest BCUT2D eigenvalue weighted by atomic mass is 9.97. The molecule has 4 nitrogen and oxygen atoms in total. The maximum absolute atomic E-state index is 12.8. The molecule has 0 unspecified atom stereocenters. The molecule has 0 atom stereocenters. The zero-order valence-corrected chi connectivity index (χ0v) is 16.8. The number of carbonyl (C=O) groups excluding carboxylic acids is 1. The van der Waals surface area contributed by atoms with Crippen molar-refractivity contribution in [2.45, 2.75) is 26.9 Å². The highest BCUT2D eigenvalue weighted by molar-refractivity contribution is 6.01. The van der Waals surface area contributed by atoms with E-state index in [1.165, 1.54) is 22.3 Å². The predicted molar refractivity (Wildman–Crippen MR) is 116 cm³/mol. The van der Waals surface area contributed by atoms with E-state index in [0.29, 0.717) is 31.3 Å². The molecule has 0 saturated heterocycles. The van der Waals surface area contributed by atoms with Gasteiger partial charge in [0, 0.05) is 18.7 Å². The molecule has 0 radical (unpaired) electrons. The minimum Gasteiger partial charge on any atom is -0.465 e. The summed E-state index contributed by atoms with van der Waals surface area (Å²) in [7, 11) is 0. The molecule has 0 fully saturated rings. The van der Waals surface area contributed by atoms with Gasteiger partial charge < -0.3 is 9.64 Å². The summed E-state index contributed by atoms with van der Waals surface area (Å²) in [6.45, 7) is 5.61. The van der Waals surface area contributed by atoms with E-state index >= 15 is 0 Å². The second-order valence-corrected chi connectivity index (χ2v) is 7.17. The van der Waals surface area contributed by atoms with Gasteiger partial charge in [-0.2, -0.15) is 4.99 Å². The minimum absolute atomic E-state index is 0.292. The van der Waals surface area contributed by atoms with Crippen LogP contribution in [0.4, 0.5) is 0 Å². The van der Waals surface area contributed by atoms with Crippen LogP contribution in [0.5, 0.6) is 0 Å². The Labute approximate surface area is 171 Å². The van der Waals surface area contributed by atoms with Crippen LogP contribution >= 0.6 is 0 Å². The van der Waals surface area contributed by atoms with E-state index in [4.69, 9.17) is 4.74 Å². The highest BCUT2D eigenvalue weighted by Gasteiger charge is 2.23. The fraction of sp³-hybridized carbons (Fsp3) is 0.200. The van der Waals surface area contributed by atoms with Crippen molar-refractivity contribution in [3.05, 3.63) is 95.1 Å². The SMILES string of the molecule is CCO/C(=N\C(=O)c1ccc(C)cc1)N1Cc2ccccc2-c2ccccc2C1. The van der Waals surface area contributed by atoms with E-state index in [9.17, 15) is 4.79 Å². The summed E-state index contributed by atoms with van der Waals surface area (Å²) in [6, 6.07) is 24.5. The van der Waals surface area contributed by atoms with E-state index in [2.05, 4.69) is 41.4 Å². The number of aryl methyl sites for hydroxylation is 1. The van der Waals surface area contributed by atoms with Crippen molar-refractivity contribution in [1.82, 2.24) is 4.90 Å². The monoisotopic (exact) mass is 384 g/mol. The first-order chi connectivity index (χ1) is 14.2. The van der Waals surface area contributed by atoms with Crippen molar-refractivity contribution in [3.8, 4) is 11.1 Å². The molecule has 1 amide bonds. The number of hydrogen-bond acceptors (Lipinski definition) is 2. The second-order valence-electron chi connectivity index (χ2n) is 7.17. The summed E-state index contributed by atoms with van der Waals surface area (Å²) < 4.78 is 5.84.